The Labute approximate surface area is 120 Å². The fraction of sp³-hybridized carbons (Fsp3) is 0.600. The van der Waals surface area contributed by atoms with Gasteiger partial charge >= 0.3 is 0 Å². The van der Waals surface area contributed by atoms with Crippen molar-refractivity contribution in [2.24, 2.45) is 5.73 Å². The van der Waals surface area contributed by atoms with Crippen LogP contribution >= 0.6 is 11.6 Å². The summed E-state index contributed by atoms with van der Waals surface area (Å²) in [6.07, 6.45) is 1.92. The van der Waals surface area contributed by atoms with Gasteiger partial charge in [-0.25, -0.2) is 0 Å². The standard InChI is InChI=1S/C15H24ClNO2/c1-4-5-13(17)14(18)8-10(2)12-9-11(16)6-7-15(12)19-3/h6-7,9-10,13-14,18H,4-5,8,17H2,1-3H3. The van der Waals surface area contributed by atoms with Gasteiger partial charge in [-0.05, 0) is 42.5 Å². The molecule has 1 aromatic carbocycles. The number of nitrogens with two attached hydrogens (primary N) is 1. The number of ether oxygens (including phenoxy) is 1. The lowest BCUT2D eigenvalue weighted by molar-refractivity contribution is 0.124. The SMILES string of the molecule is CCCC(N)C(O)CC(C)c1cc(Cl)ccc1OC. The molecule has 4 heteroatoms. The van der Waals surface area contributed by atoms with Gasteiger partial charge in [0.15, 0.2) is 0 Å². The predicted molar refractivity (Wildman–Crippen MR) is 79.9 cm³/mol. The van der Waals surface area contributed by atoms with E-state index in [-0.39, 0.29) is 12.0 Å². The van der Waals surface area contributed by atoms with E-state index in [4.69, 9.17) is 22.1 Å². The summed E-state index contributed by atoms with van der Waals surface area (Å²) >= 11 is 6.02. The minimum absolute atomic E-state index is 0.145. The number of halogens is 1. The monoisotopic (exact) mass is 285 g/mol. The molecule has 0 radical (unpaired) electrons. The zero-order valence-electron chi connectivity index (χ0n) is 11.9. The van der Waals surface area contributed by atoms with Gasteiger partial charge in [0.1, 0.15) is 5.75 Å². The summed E-state index contributed by atoms with van der Waals surface area (Å²) in [4.78, 5) is 0. The van der Waals surface area contributed by atoms with Crippen LogP contribution in [0.25, 0.3) is 0 Å². The third kappa shape index (κ3) is 4.68. The molecule has 3 nitrogen and oxygen atoms in total. The summed E-state index contributed by atoms with van der Waals surface area (Å²) in [7, 11) is 1.64. The van der Waals surface area contributed by atoms with E-state index in [9.17, 15) is 5.11 Å². The highest BCUT2D eigenvalue weighted by Crippen LogP contribution is 2.32. The largest absolute Gasteiger partial charge is 0.496 e. The lowest BCUT2D eigenvalue weighted by Gasteiger charge is -2.23. The number of aliphatic hydroxyl groups excluding tert-OH is 1. The van der Waals surface area contributed by atoms with Crippen LogP contribution in [-0.2, 0) is 0 Å². The van der Waals surface area contributed by atoms with E-state index in [1.54, 1.807) is 13.2 Å². The Hall–Kier alpha value is -0.770. The smallest absolute Gasteiger partial charge is 0.122 e. The van der Waals surface area contributed by atoms with Crippen molar-refractivity contribution in [3.63, 3.8) is 0 Å². The first-order valence-electron chi connectivity index (χ1n) is 6.76. The van der Waals surface area contributed by atoms with E-state index in [0.29, 0.717) is 11.4 Å². The van der Waals surface area contributed by atoms with E-state index < -0.39 is 6.10 Å². The van der Waals surface area contributed by atoms with Crippen molar-refractivity contribution in [3.8, 4) is 5.75 Å². The van der Waals surface area contributed by atoms with Crippen LogP contribution in [0.4, 0.5) is 0 Å². The van der Waals surface area contributed by atoms with E-state index in [0.717, 1.165) is 24.2 Å². The van der Waals surface area contributed by atoms with Crippen LogP contribution in [0.5, 0.6) is 5.75 Å². The van der Waals surface area contributed by atoms with Gasteiger partial charge in [0.25, 0.3) is 0 Å². The molecule has 0 bridgehead atoms. The second-order valence-electron chi connectivity index (χ2n) is 5.04. The molecule has 0 spiro atoms. The number of rotatable bonds is 7. The Balaban J connectivity index is 2.77. The van der Waals surface area contributed by atoms with Gasteiger partial charge in [-0.3, -0.25) is 0 Å². The highest BCUT2D eigenvalue weighted by molar-refractivity contribution is 6.30. The highest BCUT2D eigenvalue weighted by Gasteiger charge is 2.20. The predicted octanol–water partition coefficient (Wildman–Crippen LogP) is 3.33. The van der Waals surface area contributed by atoms with Gasteiger partial charge in [0.2, 0.25) is 0 Å². The maximum absolute atomic E-state index is 10.1. The maximum atomic E-state index is 10.1. The lowest BCUT2D eigenvalue weighted by Crippen LogP contribution is -2.35. The van der Waals surface area contributed by atoms with Crippen molar-refractivity contribution < 1.29 is 9.84 Å². The zero-order valence-corrected chi connectivity index (χ0v) is 12.7. The first-order valence-corrected chi connectivity index (χ1v) is 7.14. The van der Waals surface area contributed by atoms with Gasteiger partial charge in [-0.1, -0.05) is 31.9 Å². The van der Waals surface area contributed by atoms with Crippen LogP contribution in [0.2, 0.25) is 5.02 Å². The number of benzene rings is 1. The van der Waals surface area contributed by atoms with Crippen molar-refractivity contribution in [2.45, 2.75) is 51.2 Å². The average Bonchev–Trinajstić information content (AvgIpc) is 2.38. The molecule has 19 heavy (non-hydrogen) atoms. The van der Waals surface area contributed by atoms with Gasteiger partial charge in [0, 0.05) is 11.1 Å². The molecule has 0 heterocycles. The molecule has 3 unspecified atom stereocenters. The van der Waals surface area contributed by atoms with Crippen molar-refractivity contribution in [1.82, 2.24) is 0 Å². The summed E-state index contributed by atoms with van der Waals surface area (Å²) in [5.41, 5.74) is 6.96. The fourth-order valence-electron chi connectivity index (χ4n) is 2.28. The van der Waals surface area contributed by atoms with Crippen molar-refractivity contribution >= 4 is 11.6 Å². The molecule has 3 atom stereocenters. The number of methoxy groups -OCH3 is 1. The Morgan fingerprint density at radius 3 is 2.68 bits per heavy atom. The van der Waals surface area contributed by atoms with Crippen LogP contribution in [0, 0.1) is 0 Å². The zero-order chi connectivity index (χ0) is 14.4. The second kappa shape index (κ2) is 7.73. The number of hydrogen-bond donors (Lipinski definition) is 2. The van der Waals surface area contributed by atoms with Crippen LogP contribution in [0.15, 0.2) is 18.2 Å². The summed E-state index contributed by atoms with van der Waals surface area (Å²) in [5.74, 6) is 0.944. The molecule has 1 rings (SSSR count). The lowest BCUT2D eigenvalue weighted by atomic mass is 9.91. The first-order chi connectivity index (χ1) is 8.99. The molecule has 0 aliphatic heterocycles. The Bertz CT molecular complexity index is 398. The number of hydrogen-bond acceptors (Lipinski definition) is 3. The summed E-state index contributed by atoms with van der Waals surface area (Å²) < 4.78 is 5.34. The fourth-order valence-corrected chi connectivity index (χ4v) is 2.46. The van der Waals surface area contributed by atoms with E-state index in [2.05, 4.69) is 13.8 Å². The van der Waals surface area contributed by atoms with E-state index >= 15 is 0 Å². The molecular formula is C15H24ClNO2. The third-order valence-corrected chi connectivity index (χ3v) is 3.67. The summed E-state index contributed by atoms with van der Waals surface area (Å²) in [6.45, 7) is 4.12. The van der Waals surface area contributed by atoms with Crippen molar-refractivity contribution in [1.29, 1.82) is 0 Å². The molecule has 0 aliphatic rings. The van der Waals surface area contributed by atoms with Crippen molar-refractivity contribution in [3.05, 3.63) is 28.8 Å². The Morgan fingerprint density at radius 1 is 1.42 bits per heavy atom. The molecular weight excluding hydrogens is 262 g/mol. The number of aliphatic hydroxyl groups is 1. The molecule has 0 amide bonds. The molecule has 0 saturated heterocycles. The molecule has 0 saturated carbocycles. The van der Waals surface area contributed by atoms with Crippen LogP contribution in [0.1, 0.15) is 44.6 Å². The van der Waals surface area contributed by atoms with Crippen molar-refractivity contribution in [2.75, 3.05) is 7.11 Å². The van der Waals surface area contributed by atoms with E-state index in [1.807, 2.05) is 12.1 Å². The van der Waals surface area contributed by atoms with Gasteiger partial charge in [-0.2, -0.15) is 0 Å². The normalized spacial score (nSPS) is 15.9. The summed E-state index contributed by atoms with van der Waals surface area (Å²) in [5, 5.41) is 10.8. The minimum Gasteiger partial charge on any atom is -0.496 e. The van der Waals surface area contributed by atoms with Crippen LogP contribution in [-0.4, -0.2) is 24.4 Å². The average molecular weight is 286 g/mol. The molecule has 0 fully saturated rings. The molecule has 108 valence electrons. The van der Waals surface area contributed by atoms with Crippen LogP contribution in [0.3, 0.4) is 0 Å². The van der Waals surface area contributed by atoms with Crippen LogP contribution < -0.4 is 10.5 Å². The maximum Gasteiger partial charge on any atom is 0.122 e. The van der Waals surface area contributed by atoms with Gasteiger partial charge in [-0.15, -0.1) is 0 Å². The second-order valence-corrected chi connectivity index (χ2v) is 5.48. The summed E-state index contributed by atoms with van der Waals surface area (Å²) in [6, 6.07) is 5.38. The Morgan fingerprint density at radius 2 is 2.11 bits per heavy atom. The first kappa shape index (κ1) is 16.3. The quantitative estimate of drug-likeness (QED) is 0.808. The molecule has 1 aromatic rings. The minimum atomic E-state index is -0.501. The van der Waals surface area contributed by atoms with Gasteiger partial charge in [0.05, 0.1) is 13.2 Å². The molecule has 0 aliphatic carbocycles. The van der Waals surface area contributed by atoms with E-state index in [1.165, 1.54) is 0 Å². The van der Waals surface area contributed by atoms with Gasteiger partial charge < -0.3 is 15.6 Å². The third-order valence-electron chi connectivity index (χ3n) is 3.43. The topological polar surface area (TPSA) is 55.5 Å². The molecule has 3 N–H and O–H groups in total. The molecule has 0 aromatic heterocycles. The Kier molecular flexibility index (Phi) is 6.63. The highest BCUT2D eigenvalue weighted by atomic mass is 35.5.